The number of carbonyl (C=O) groups excluding carboxylic acids is 1. The van der Waals surface area contributed by atoms with Crippen molar-refractivity contribution in [2.24, 2.45) is 28.4 Å². The fourth-order valence-corrected chi connectivity index (χ4v) is 5.43. The van der Waals surface area contributed by atoms with Gasteiger partial charge in [0.05, 0.1) is 5.41 Å². The molecule has 0 spiro atoms. The molecule has 106 valence electrons. The van der Waals surface area contributed by atoms with Gasteiger partial charge < -0.3 is 5.73 Å². The fraction of sp³-hybridized carbons (Fsp3) is 0.857. The summed E-state index contributed by atoms with van der Waals surface area (Å²) in [6.07, 6.45) is 8.35. The van der Waals surface area contributed by atoms with Crippen molar-refractivity contribution in [1.82, 2.24) is 10.9 Å². The maximum absolute atomic E-state index is 12.6. The largest absolute Gasteiger partial charge is 0.375 e. The lowest BCUT2D eigenvalue weighted by Gasteiger charge is -2.61. The van der Waals surface area contributed by atoms with Gasteiger partial charge in [0.25, 0.3) is 0 Å². The van der Waals surface area contributed by atoms with Crippen molar-refractivity contribution in [3.05, 3.63) is 0 Å². The Bertz CT molecular complexity index is 409. The molecule has 1 amide bonds. The van der Waals surface area contributed by atoms with Gasteiger partial charge in [0.2, 0.25) is 5.91 Å². The van der Waals surface area contributed by atoms with Crippen molar-refractivity contribution in [2.45, 2.75) is 51.9 Å². The zero-order valence-corrected chi connectivity index (χ0v) is 12.3. The van der Waals surface area contributed by atoms with Gasteiger partial charge in [0, 0.05) is 0 Å². The first kappa shape index (κ1) is 13.2. The van der Waals surface area contributed by atoms with E-state index in [1.54, 1.807) is 0 Å². The molecule has 0 aromatic carbocycles. The molecule has 0 aromatic heterocycles. The number of thiocarbonyl (C=S) groups is 1. The average molecular weight is 281 g/mol. The molecule has 4 aliphatic rings. The maximum Gasteiger partial charge on any atom is 0.244 e. The van der Waals surface area contributed by atoms with Crippen LogP contribution >= 0.6 is 12.2 Å². The molecule has 4 bridgehead atoms. The minimum Gasteiger partial charge on any atom is -0.375 e. The predicted molar refractivity (Wildman–Crippen MR) is 77.9 cm³/mol. The highest BCUT2D eigenvalue weighted by molar-refractivity contribution is 7.80. The number of hydrogen-bond donors (Lipinski definition) is 3. The second-order valence-electron chi connectivity index (χ2n) is 7.04. The standard InChI is InChI=1S/C14H23N3OS/c1-2-13-4-9-3-10(5-13)7-14(6-9,8-13)11(18)16-17-12(15)19/h9-10H,2-8H2,1H3,(H,16,18)(H3,15,17,19). The van der Waals surface area contributed by atoms with E-state index in [2.05, 4.69) is 17.8 Å². The highest BCUT2D eigenvalue weighted by Gasteiger charge is 2.59. The van der Waals surface area contributed by atoms with Crippen LogP contribution < -0.4 is 16.6 Å². The van der Waals surface area contributed by atoms with Gasteiger partial charge >= 0.3 is 0 Å². The van der Waals surface area contributed by atoms with Crippen molar-refractivity contribution < 1.29 is 4.79 Å². The average Bonchev–Trinajstić information content (AvgIpc) is 2.34. The molecule has 4 fully saturated rings. The minimum absolute atomic E-state index is 0.104. The zero-order valence-electron chi connectivity index (χ0n) is 11.5. The number of amides is 1. The van der Waals surface area contributed by atoms with Crippen LogP contribution in [0.5, 0.6) is 0 Å². The lowest BCUT2D eigenvalue weighted by molar-refractivity contribution is -0.158. The van der Waals surface area contributed by atoms with Crippen molar-refractivity contribution in [3.8, 4) is 0 Å². The molecule has 4 rings (SSSR count). The van der Waals surface area contributed by atoms with E-state index in [-0.39, 0.29) is 16.4 Å². The molecule has 0 aromatic rings. The number of hydrazine groups is 1. The monoisotopic (exact) mass is 281 g/mol. The molecule has 0 radical (unpaired) electrons. The molecule has 0 heterocycles. The van der Waals surface area contributed by atoms with Crippen LogP contribution in [0.25, 0.3) is 0 Å². The lowest BCUT2D eigenvalue weighted by Crippen LogP contribution is -2.59. The van der Waals surface area contributed by atoms with Gasteiger partial charge in [-0.2, -0.15) is 0 Å². The van der Waals surface area contributed by atoms with Gasteiger partial charge in [-0.3, -0.25) is 15.6 Å². The number of hydrogen-bond acceptors (Lipinski definition) is 2. The van der Waals surface area contributed by atoms with Gasteiger partial charge in [0.15, 0.2) is 5.11 Å². The molecule has 4 aliphatic carbocycles. The predicted octanol–water partition coefficient (Wildman–Crippen LogP) is 1.85. The first-order valence-electron chi connectivity index (χ1n) is 7.33. The summed E-state index contributed by atoms with van der Waals surface area (Å²) < 4.78 is 0. The van der Waals surface area contributed by atoms with Gasteiger partial charge in [-0.15, -0.1) is 0 Å². The third kappa shape index (κ3) is 2.12. The van der Waals surface area contributed by atoms with Crippen LogP contribution in [0.4, 0.5) is 0 Å². The second kappa shape index (κ2) is 4.33. The van der Waals surface area contributed by atoms with Crippen LogP contribution in [0.3, 0.4) is 0 Å². The van der Waals surface area contributed by atoms with E-state index in [0.717, 1.165) is 31.1 Å². The van der Waals surface area contributed by atoms with E-state index >= 15 is 0 Å². The van der Waals surface area contributed by atoms with Crippen LogP contribution in [0.1, 0.15) is 51.9 Å². The maximum atomic E-state index is 12.6. The minimum atomic E-state index is -0.169. The van der Waals surface area contributed by atoms with E-state index in [9.17, 15) is 4.79 Å². The number of carbonyl (C=O) groups is 1. The summed E-state index contributed by atoms with van der Waals surface area (Å²) in [5.41, 5.74) is 11.0. The van der Waals surface area contributed by atoms with E-state index < -0.39 is 0 Å². The van der Waals surface area contributed by atoms with Gasteiger partial charge in [0.1, 0.15) is 0 Å². The molecule has 2 atom stereocenters. The topological polar surface area (TPSA) is 67.2 Å². The Labute approximate surface area is 119 Å². The summed E-state index contributed by atoms with van der Waals surface area (Å²) in [6.45, 7) is 2.28. The Morgan fingerprint density at radius 1 is 1.26 bits per heavy atom. The Balaban J connectivity index is 1.80. The molecule has 4 N–H and O–H groups in total. The van der Waals surface area contributed by atoms with Crippen molar-refractivity contribution in [1.29, 1.82) is 0 Å². The quantitative estimate of drug-likeness (QED) is 0.534. The number of nitrogens with one attached hydrogen (secondary N) is 2. The Kier molecular flexibility index (Phi) is 3.00. The van der Waals surface area contributed by atoms with Gasteiger partial charge in [-0.05, 0) is 68.0 Å². The zero-order chi connectivity index (χ0) is 13.7. The molecule has 4 nitrogen and oxygen atoms in total. The fourth-order valence-electron chi connectivity index (χ4n) is 5.38. The van der Waals surface area contributed by atoms with Crippen molar-refractivity contribution in [2.75, 3.05) is 0 Å². The molecule has 0 saturated heterocycles. The second-order valence-corrected chi connectivity index (χ2v) is 7.48. The van der Waals surface area contributed by atoms with Crippen LogP contribution in [0, 0.1) is 22.7 Å². The number of rotatable bonds is 2. The molecular formula is C14H23N3OS. The molecule has 2 unspecified atom stereocenters. The Hall–Kier alpha value is -0.840. The van der Waals surface area contributed by atoms with Crippen LogP contribution in [0.15, 0.2) is 0 Å². The summed E-state index contributed by atoms with van der Waals surface area (Å²) in [4.78, 5) is 12.6. The first-order valence-corrected chi connectivity index (χ1v) is 7.74. The first-order chi connectivity index (χ1) is 8.97. The highest BCUT2D eigenvalue weighted by Crippen LogP contribution is 2.66. The van der Waals surface area contributed by atoms with E-state index in [4.69, 9.17) is 18.0 Å². The Morgan fingerprint density at radius 3 is 2.42 bits per heavy atom. The summed E-state index contributed by atoms with van der Waals surface area (Å²) in [6, 6.07) is 0. The summed E-state index contributed by atoms with van der Waals surface area (Å²) >= 11 is 4.75. The third-order valence-corrected chi connectivity index (χ3v) is 5.82. The third-order valence-electron chi connectivity index (χ3n) is 5.71. The van der Waals surface area contributed by atoms with E-state index in [0.29, 0.717) is 5.41 Å². The molecule has 19 heavy (non-hydrogen) atoms. The normalized spacial score (nSPS) is 43.0. The SMILES string of the molecule is CCC12CC3CC(C1)CC(C(=O)NNC(N)=S)(C3)C2. The molecular weight excluding hydrogens is 258 g/mol. The number of nitrogens with two attached hydrogens (primary N) is 1. The van der Waals surface area contributed by atoms with Gasteiger partial charge in [-0.1, -0.05) is 13.3 Å². The molecule has 0 aliphatic heterocycles. The van der Waals surface area contributed by atoms with E-state index in [1.165, 1.54) is 25.7 Å². The van der Waals surface area contributed by atoms with Crippen LogP contribution in [0.2, 0.25) is 0 Å². The van der Waals surface area contributed by atoms with Crippen LogP contribution in [-0.2, 0) is 4.79 Å². The smallest absolute Gasteiger partial charge is 0.244 e. The van der Waals surface area contributed by atoms with Gasteiger partial charge in [-0.25, -0.2) is 0 Å². The lowest BCUT2D eigenvalue weighted by atomic mass is 9.43. The molecule has 4 saturated carbocycles. The summed E-state index contributed by atoms with van der Waals surface area (Å²) in [5.74, 6) is 1.60. The highest BCUT2D eigenvalue weighted by atomic mass is 32.1. The van der Waals surface area contributed by atoms with Crippen LogP contribution in [-0.4, -0.2) is 11.0 Å². The summed E-state index contributed by atoms with van der Waals surface area (Å²) in [7, 11) is 0. The van der Waals surface area contributed by atoms with Crippen molar-refractivity contribution >= 4 is 23.2 Å². The summed E-state index contributed by atoms with van der Waals surface area (Å²) in [5, 5.41) is 0.128. The molecule has 5 heteroatoms. The van der Waals surface area contributed by atoms with Crippen molar-refractivity contribution in [3.63, 3.8) is 0 Å². The Morgan fingerprint density at radius 2 is 1.89 bits per heavy atom. The van der Waals surface area contributed by atoms with E-state index in [1.807, 2.05) is 0 Å².